The minimum atomic E-state index is -1.10. The lowest BCUT2D eigenvalue weighted by Crippen LogP contribution is -2.48. The number of aliphatic hydroxyl groups excluding tert-OH is 3. The summed E-state index contributed by atoms with van der Waals surface area (Å²) in [4.78, 5) is 12.5. The Morgan fingerprint density at radius 1 is 0.444 bits per heavy atom. The average molecular weight is 762 g/mol. The van der Waals surface area contributed by atoms with E-state index in [2.05, 4.69) is 31.3 Å². The number of hydrogen-bond acceptors (Lipinski definition) is 4. The molecule has 3 unspecified atom stereocenters. The first-order chi connectivity index (χ1) is 26.6. The van der Waals surface area contributed by atoms with E-state index in [1.54, 1.807) is 6.08 Å². The van der Waals surface area contributed by atoms with Crippen molar-refractivity contribution in [2.75, 3.05) is 6.61 Å². The van der Waals surface area contributed by atoms with Crippen molar-refractivity contribution in [1.29, 1.82) is 0 Å². The van der Waals surface area contributed by atoms with Crippen LogP contribution in [0.5, 0.6) is 0 Å². The van der Waals surface area contributed by atoms with Crippen molar-refractivity contribution in [3.8, 4) is 0 Å². The standard InChI is InChI=1S/C49H95NO4/c1-3-5-7-9-11-13-15-17-19-21-23-24-25-26-28-29-31-33-35-37-39-41-43-47(52)46(45-51)50-49(54)48(53)44-42-40-38-36-34-32-30-27-22-20-18-16-14-12-10-8-6-4-2/h33,35,41,43,46-48,51-53H,3-32,34,36-40,42,44-45H2,1-2H3,(H,50,54)/b35-33+,43-41+. The van der Waals surface area contributed by atoms with Gasteiger partial charge in [0.2, 0.25) is 5.91 Å². The third-order valence-electron chi connectivity index (χ3n) is 11.3. The SMILES string of the molecule is CCCCCCCCCCCCCCCCCC/C=C/CC/C=C/C(O)C(CO)NC(=O)C(O)CCCCCCCCCCCCCCCCCCCC. The fourth-order valence-electron chi connectivity index (χ4n) is 7.50. The van der Waals surface area contributed by atoms with Gasteiger partial charge in [0.25, 0.3) is 0 Å². The summed E-state index contributed by atoms with van der Waals surface area (Å²) in [6, 6.07) is -0.811. The lowest BCUT2D eigenvalue weighted by Gasteiger charge is -2.21. The molecule has 54 heavy (non-hydrogen) atoms. The van der Waals surface area contributed by atoms with Crippen LogP contribution in [0.25, 0.3) is 0 Å². The Balaban J connectivity index is 3.65. The van der Waals surface area contributed by atoms with Gasteiger partial charge < -0.3 is 20.6 Å². The molecule has 4 N–H and O–H groups in total. The minimum absolute atomic E-state index is 0.373. The molecule has 0 aromatic rings. The van der Waals surface area contributed by atoms with Crippen molar-refractivity contribution in [2.45, 2.75) is 276 Å². The zero-order valence-corrected chi connectivity index (χ0v) is 36.4. The Morgan fingerprint density at radius 2 is 0.759 bits per heavy atom. The molecule has 0 aliphatic carbocycles. The van der Waals surface area contributed by atoms with Crippen molar-refractivity contribution in [3.63, 3.8) is 0 Å². The summed E-state index contributed by atoms with van der Waals surface area (Å²) in [7, 11) is 0. The van der Waals surface area contributed by atoms with E-state index >= 15 is 0 Å². The van der Waals surface area contributed by atoms with Crippen LogP contribution in [-0.4, -0.2) is 46.1 Å². The fourth-order valence-corrected chi connectivity index (χ4v) is 7.50. The van der Waals surface area contributed by atoms with Crippen LogP contribution in [0.2, 0.25) is 0 Å². The summed E-state index contributed by atoms with van der Waals surface area (Å²) in [5, 5.41) is 33.2. The van der Waals surface area contributed by atoms with Crippen molar-refractivity contribution < 1.29 is 20.1 Å². The van der Waals surface area contributed by atoms with Crippen LogP contribution in [0, 0.1) is 0 Å². The highest BCUT2D eigenvalue weighted by Crippen LogP contribution is 2.16. The second-order valence-corrected chi connectivity index (χ2v) is 16.7. The van der Waals surface area contributed by atoms with Gasteiger partial charge in [-0.1, -0.05) is 250 Å². The number of unbranched alkanes of at least 4 members (excludes halogenated alkanes) is 34. The summed E-state index contributed by atoms with van der Waals surface area (Å²) in [6.07, 6.45) is 55.1. The largest absolute Gasteiger partial charge is 0.394 e. The zero-order valence-electron chi connectivity index (χ0n) is 36.4. The summed E-state index contributed by atoms with van der Waals surface area (Å²) in [5.41, 5.74) is 0. The molecule has 0 saturated heterocycles. The maximum absolute atomic E-state index is 12.5. The normalized spacial score (nSPS) is 13.6. The molecular weight excluding hydrogens is 667 g/mol. The van der Waals surface area contributed by atoms with Gasteiger partial charge in [-0.15, -0.1) is 0 Å². The van der Waals surface area contributed by atoms with Crippen LogP contribution in [-0.2, 0) is 4.79 Å². The molecule has 5 heteroatoms. The Kier molecular flexibility index (Phi) is 43.6. The molecule has 5 nitrogen and oxygen atoms in total. The molecule has 0 saturated carbocycles. The predicted molar refractivity (Wildman–Crippen MR) is 236 cm³/mol. The summed E-state index contributed by atoms with van der Waals surface area (Å²) in [5.74, 6) is -0.509. The van der Waals surface area contributed by atoms with E-state index in [0.717, 1.165) is 38.5 Å². The molecule has 320 valence electrons. The number of carbonyl (C=O) groups excluding carboxylic acids is 1. The third-order valence-corrected chi connectivity index (χ3v) is 11.3. The Morgan fingerprint density at radius 3 is 1.13 bits per heavy atom. The second kappa shape index (κ2) is 44.5. The van der Waals surface area contributed by atoms with Crippen LogP contribution >= 0.6 is 0 Å². The smallest absolute Gasteiger partial charge is 0.249 e. The van der Waals surface area contributed by atoms with E-state index in [9.17, 15) is 20.1 Å². The fraction of sp³-hybridized carbons (Fsp3) is 0.898. The Bertz CT molecular complexity index is 799. The van der Waals surface area contributed by atoms with E-state index in [-0.39, 0.29) is 6.61 Å². The van der Waals surface area contributed by atoms with Crippen LogP contribution in [0.3, 0.4) is 0 Å². The monoisotopic (exact) mass is 762 g/mol. The molecule has 0 aliphatic rings. The van der Waals surface area contributed by atoms with Gasteiger partial charge >= 0.3 is 0 Å². The molecule has 0 radical (unpaired) electrons. The van der Waals surface area contributed by atoms with E-state index in [1.165, 1.54) is 199 Å². The van der Waals surface area contributed by atoms with E-state index in [1.807, 2.05) is 6.08 Å². The lowest BCUT2D eigenvalue weighted by molar-refractivity contribution is -0.131. The number of aliphatic hydroxyl groups is 3. The van der Waals surface area contributed by atoms with E-state index in [4.69, 9.17) is 0 Å². The lowest BCUT2D eigenvalue weighted by atomic mass is 10.0. The minimum Gasteiger partial charge on any atom is -0.394 e. The molecule has 0 bridgehead atoms. The molecular formula is C49H95NO4. The van der Waals surface area contributed by atoms with E-state index in [0.29, 0.717) is 6.42 Å². The quantitative estimate of drug-likeness (QED) is 0.0368. The van der Waals surface area contributed by atoms with Crippen LogP contribution in [0.15, 0.2) is 24.3 Å². The van der Waals surface area contributed by atoms with Gasteiger partial charge in [-0.3, -0.25) is 4.79 Å². The first kappa shape index (κ1) is 52.8. The molecule has 0 aromatic heterocycles. The van der Waals surface area contributed by atoms with E-state index < -0.39 is 24.2 Å². The number of allylic oxidation sites excluding steroid dienone is 3. The zero-order chi connectivity index (χ0) is 39.4. The van der Waals surface area contributed by atoms with Crippen molar-refractivity contribution in [3.05, 3.63) is 24.3 Å². The van der Waals surface area contributed by atoms with Gasteiger partial charge in [0.15, 0.2) is 0 Å². The molecule has 1 amide bonds. The number of amides is 1. The number of carbonyl (C=O) groups is 1. The summed E-state index contributed by atoms with van der Waals surface area (Å²) < 4.78 is 0. The maximum Gasteiger partial charge on any atom is 0.249 e. The molecule has 0 rings (SSSR count). The first-order valence-electron chi connectivity index (χ1n) is 24.2. The molecule has 0 fully saturated rings. The second-order valence-electron chi connectivity index (χ2n) is 16.7. The predicted octanol–water partition coefficient (Wildman–Crippen LogP) is 14.2. The molecule has 0 spiro atoms. The van der Waals surface area contributed by atoms with Crippen LogP contribution in [0.1, 0.15) is 258 Å². The first-order valence-corrected chi connectivity index (χ1v) is 24.2. The van der Waals surface area contributed by atoms with Gasteiger partial charge in [-0.05, 0) is 32.1 Å². The van der Waals surface area contributed by atoms with Crippen LogP contribution in [0.4, 0.5) is 0 Å². The van der Waals surface area contributed by atoms with Gasteiger partial charge in [-0.25, -0.2) is 0 Å². The summed E-state index contributed by atoms with van der Waals surface area (Å²) in [6.45, 7) is 4.19. The molecule has 3 atom stereocenters. The maximum atomic E-state index is 12.5. The molecule has 0 heterocycles. The van der Waals surface area contributed by atoms with Gasteiger partial charge in [-0.2, -0.15) is 0 Å². The topological polar surface area (TPSA) is 89.8 Å². The van der Waals surface area contributed by atoms with Gasteiger partial charge in [0, 0.05) is 0 Å². The van der Waals surface area contributed by atoms with Crippen molar-refractivity contribution >= 4 is 5.91 Å². The van der Waals surface area contributed by atoms with Crippen molar-refractivity contribution in [2.24, 2.45) is 0 Å². The molecule has 0 aromatic carbocycles. The number of hydrogen-bond donors (Lipinski definition) is 4. The molecule has 0 aliphatic heterocycles. The Hall–Kier alpha value is -1.17. The van der Waals surface area contributed by atoms with Gasteiger partial charge in [0.05, 0.1) is 18.8 Å². The average Bonchev–Trinajstić information content (AvgIpc) is 3.18. The summed E-state index contributed by atoms with van der Waals surface area (Å²) >= 11 is 0. The van der Waals surface area contributed by atoms with Crippen LogP contribution < -0.4 is 5.32 Å². The number of rotatable bonds is 44. The van der Waals surface area contributed by atoms with Crippen molar-refractivity contribution in [1.82, 2.24) is 5.32 Å². The van der Waals surface area contributed by atoms with Gasteiger partial charge in [0.1, 0.15) is 6.10 Å². The highest BCUT2D eigenvalue weighted by atomic mass is 16.3. The number of nitrogens with one attached hydrogen (secondary N) is 1. The third kappa shape index (κ3) is 39.1. The Labute approximate surface area is 337 Å². The highest BCUT2D eigenvalue weighted by molar-refractivity contribution is 5.80. The highest BCUT2D eigenvalue weighted by Gasteiger charge is 2.22.